The Morgan fingerprint density at radius 2 is 1.85 bits per heavy atom. The highest BCUT2D eigenvalue weighted by Gasteiger charge is 2.29. The topological polar surface area (TPSA) is 46.1 Å². The van der Waals surface area contributed by atoms with E-state index in [0.717, 1.165) is 58.2 Å². The van der Waals surface area contributed by atoms with Crippen molar-refractivity contribution >= 4 is 29.9 Å². The van der Waals surface area contributed by atoms with E-state index in [0.29, 0.717) is 18.4 Å². The lowest BCUT2D eigenvalue weighted by molar-refractivity contribution is -0.0250. The Balaban J connectivity index is 0.00000306. The molecule has 0 bridgehead atoms. The van der Waals surface area contributed by atoms with Gasteiger partial charge < -0.3 is 19.7 Å². The first-order valence-electron chi connectivity index (χ1n) is 12.1. The highest BCUT2D eigenvalue weighted by molar-refractivity contribution is 14.0. The van der Waals surface area contributed by atoms with E-state index < -0.39 is 0 Å². The number of rotatable bonds is 8. The van der Waals surface area contributed by atoms with Gasteiger partial charge in [-0.25, -0.2) is 0 Å². The van der Waals surface area contributed by atoms with Crippen LogP contribution in [0.2, 0.25) is 0 Å². The van der Waals surface area contributed by atoms with Crippen LogP contribution < -0.4 is 5.32 Å². The van der Waals surface area contributed by atoms with Gasteiger partial charge in [0.15, 0.2) is 5.96 Å². The Kier molecular flexibility index (Phi) is 11.0. The number of aliphatic imine (C=N–C) groups is 1. The number of hydrogen-bond acceptors (Lipinski definition) is 3. The minimum atomic E-state index is 0. The van der Waals surface area contributed by atoms with Crippen LogP contribution in [0.25, 0.3) is 0 Å². The van der Waals surface area contributed by atoms with Gasteiger partial charge in [-0.1, -0.05) is 60.7 Å². The molecule has 1 N–H and O–H groups in total. The summed E-state index contributed by atoms with van der Waals surface area (Å²) in [7, 11) is 0. The molecule has 0 spiro atoms. The summed E-state index contributed by atoms with van der Waals surface area (Å²) in [6.07, 6.45) is 3.58. The van der Waals surface area contributed by atoms with Crippen LogP contribution >= 0.6 is 24.0 Å². The van der Waals surface area contributed by atoms with Crippen molar-refractivity contribution in [1.82, 2.24) is 10.2 Å². The zero-order chi connectivity index (χ0) is 22.0. The summed E-state index contributed by atoms with van der Waals surface area (Å²) in [4.78, 5) is 7.47. The fraction of sp³-hybridized carbons (Fsp3) is 0.519. The fourth-order valence-electron chi connectivity index (χ4n) is 4.75. The average molecular weight is 564 g/mol. The predicted molar refractivity (Wildman–Crippen MR) is 145 cm³/mol. The second kappa shape index (κ2) is 13.9. The number of halogens is 1. The van der Waals surface area contributed by atoms with Crippen LogP contribution in [-0.4, -0.2) is 50.3 Å². The van der Waals surface area contributed by atoms with Gasteiger partial charge in [-0.2, -0.15) is 0 Å². The van der Waals surface area contributed by atoms with Crippen LogP contribution in [-0.2, 0) is 16.1 Å². The molecule has 0 aromatic heterocycles. The van der Waals surface area contributed by atoms with Crippen molar-refractivity contribution < 1.29 is 9.47 Å². The molecular weight excluding hydrogens is 525 g/mol. The van der Waals surface area contributed by atoms with E-state index in [1.54, 1.807) is 0 Å². The van der Waals surface area contributed by atoms with Crippen molar-refractivity contribution in [3.63, 3.8) is 0 Å². The van der Waals surface area contributed by atoms with Gasteiger partial charge in [0.1, 0.15) is 0 Å². The SMILES string of the molecule is CCNC(=NCC1CCCOC1c1ccccc1)N1CCC(COCc2ccccc2)C1.I. The zero-order valence-electron chi connectivity index (χ0n) is 19.7. The lowest BCUT2D eigenvalue weighted by Gasteiger charge is -2.32. The van der Waals surface area contributed by atoms with Crippen molar-refractivity contribution in [2.45, 2.75) is 38.9 Å². The van der Waals surface area contributed by atoms with E-state index in [1.165, 1.54) is 17.5 Å². The Morgan fingerprint density at radius 3 is 2.61 bits per heavy atom. The van der Waals surface area contributed by atoms with Gasteiger partial charge in [-0.15, -0.1) is 24.0 Å². The molecule has 3 unspecified atom stereocenters. The van der Waals surface area contributed by atoms with Gasteiger partial charge in [0, 0.05) is 44.6 Å². The van der Waals surface area contributed by atoms with Crippen molar-refractivity contribution in [1.29, 1.82) is 0 Å². The summed E-state index contributed by atoms with van der Waals surface area (Å²) in [5.74, 6) is 2.01. The van der Waals surface area contributed by atoms with Crippen molar-refractivity contribution in [2.24, 2.45) is 16.8 Å². The molecule has 2 fully saturated rings. The van der Waals surface area contributed by atoms with Crippen LogP contribution in [0.4, 0.5) is 0 Å². The van der Waals surface area contributed by atoms with Gasteiger partial charge >= 0.3 is 0 Å². The summed E-state index contributed by atoms with van der Waals surface area (Å²) in [6.45, 7) is 8.20. The summed E-state index contributed by atoms with van der Waals surface area (Å²) < 4.78 is 12.2. The highest BCUT2D eigenvalue weighted by atomic mass is 127. The van der Waals surface area contributed by atoms with E-state index in [9.17, 15) is 0 Å². The van der Waals surface area contributed by atoms with E-state index >= 15 is 0 Å². The number of nitrogens with zero attached hydrogens (tertiary/aromatic N) is 2. The lowest BCUT2D eigenvalue weighted by Crippen LogP contribution is -2.41. The van der Waals surface area contributed by atoms with E-state index in [1.807, 2.05) is 6.07 Å². The fourth-order valence-corrected chi connectivity index (χ4v) is 4.75. The molecule has 5 nitrogen and oxygen atoms in total. The second-order valence-corrected chi connectivity index (χ2v) is 8.90. The molecule has 0 radical (unpaired) electrons. The Labute approximate surface area is 216 Å². The molecule has 2 heterocycles. The maximum Gasteiger partial charge on any atom is 0.193 e. The normalized spacial score (nSPS) is 23.2. The van der Waals surface area contributed by atoms with Gasteiger partial charge in [0.05, 0.1) is 19.3 Å². The number of benzene rings is 2. The Morgan fingerprint density at radius 1 is 1.09 bits per heavy atom. The first kappa shape index (κ1) is 26.0. The summed E-state index contributed by atoms with van der Waals surface area (Å²) in [6, 6.07) is 21.0. The molecule has 33 heavy (non-hydrogen) atoms. The quantitative estimate of drug-likeness (QED) is 0.270. The van der Waals surface area contributed by atoms with Crippen LogP contribution in [0.1, 0.15) is 43.4 Å². The van der Waals surface area contributed by atoms with E-state index in [-0.39, 0.29) is 30.1 Å². The third kappa shape index (κ3) is 7.69. The molecule has 180 valence electrons. The Bertz CT molecular complexity index is 834. The minimum Gasteiger partial charge on any atom is -0.376 e. The predicted octanol–water partition coefficient (Wildman–Crippen LogP) is 5.28. The minimum absolute atomic E-state index is 0. The lowest BCUT2D eigenvalue weighted by atomic mass is 9.89. The molecule has 2 aliphatic rings. The van der Waals surface area contributed by atoms with Gasteiger partial charge in [-0.3, -0.25) is 4.99 Å². The number of nitrogens with one attached hydrogen (secondary N) is 1. The van der Waals surface area contributed by atoms with Gasteiger partial charge in [0.25, 0.3) is 0 Å². The summed E-state index contributed by atoms with van der Waals surface area (Å²) in [5.41, 5.74) is 2.51. The van der Waals surface area contributed by atoms with Crippen molar-refractivity contribution in [2.75, 3.05) is 39.4 Å². The highest BCUT2D eigenvalue weighted by Crippen LogP contribution is 2.33. The van der Waals surface area contributed by atoms with Crippen LogP contribution in [0.3, 0.4) is 0 Å². The van der Waals surface area contributed by atoms with Crippen LogP contribution in [0.5, 0.6) is 0 Å². The molecule has 2 aromatic carbocycles. The number of ether oxygens (including phenoxy) is 2. The largest absolute Gasteiger partial charge is 0.376 e. The van der Waals surface area contributed by atoms with E-state index in [2.05, 4.69) is 71.7 Å². The molecule has 3 atom stereocenters. The summed E-state index contributed by atoms with van der Waals surface area (Å²) >= 11 is 0. The third-order valence-corrected chi connectivity index (χ3v) is 6.43. The number of likely N-dealkylation sites (tertiary alicyclic amines) is 1. The molecule has 0 aliphatic carbocycles. The smallest absolute Gasteiger partial charge is 0.193 e. The number of hydrogen-bond donors (Lipinski definition) is 1. The molecule has 2 aliphatic heterocycles. The Hall–Kier alpha value is -1.64. The third-order valence-electron chi connectivity index (χ3n) is 6.43. The molecule has 2 aromatic rings. The molecule has 0 amide bonds. The number of guanidine groups is 1. The van der Waals surface area contributed by atoms with Gasteiger partial charge in [-0.05, 0) is 37.3 Å². The first-order valence-corrected chi connectivity index (χ1v) is 12.1. The molecule has 4 rings (SSSR count). The van der Waals surface area contributed by atoms with Crippen molar-refractivity contribution in [3.05, 3.63) is 71.8 Å². The zero-order valence-corrected chi connectivity index (χ0v) is 22.0. The van der Waals surface area contributed by atoms with Crippen LogP contribution in [0, 0.1) is 11.8 Å². The van der Waals surface area contributed by atoms with Gasteiger partial charge in [0.2, 0.25) is 0 Å². The second-order valence-electron chi connectivity index (χ2n) is 8.90. The average Bonchev–Trinajstić information content (AvgIpc) is 3.32. The molecule has 2 saturated heterocycles. The first-order chi connectivity index (χ1) is 15.8. The summed E-state index contributed by atoms with van der Waals surface area (Å²) in [5, 5.41) is 3.52. The van der Waals surface area contributed by atoms with Crippen LogP contribution in [0.15, 0.2) is 65.7 Å². The standard InChI is InChI=1S/C27H37N3O2.HI/c1-2-28-27(29-18-25-14-9-17-32-26(25)24-12-7-4-8-13-24)30-16-15-23(19-30)21-31-20-22-10-5-3-6-11-22;/h3-8,10-13,23,25-26H,2,9,14-21H2,1H3,(H,28,29);1H. The maximum absolute atomic E-state index is 6.17. The monoisotopic (exact) mass is 563 g/mol. The molecule has 0 saturated carbocycles. The molecule has 6 heteroatoms. The van der Waals surface area contributed by atoms with Crippen molar-refractivity contribution in [3.8, 4) is 0 Å². The maximum atomic E-state index is 6.17. The molecular formula is C27H38IN3O2. The van der Waals surface area contributed by atoms with E-state index in [4.69, 9.17) is 14.5 Å².